The van der Waals surface area contributed by atoms with Crippen LogP contribution in [0.2, 0.25) is 36.3 Å². The molecular weight excluding hydrogens is 404 g/mol. The average Bonchev–Trinajstić information content (AvgIpc) is 2.56. The molecule has 5 heteroatoms. The standard InChI is InChI=1S/C25H54O3Si2/c1-12-13-14-15-16-18-22(27-29(8,9)24(2,3)4)21-23(19-17-20-26)28-30(10,11)25(5,6)7/h20,22-23H,12-19,21H2,1-11H3/t22-,23+/m1/s1. The summed E-state index contributed by atoms with van der Waals surface area (Å²) in [7, 11) is -3.74. The van der Waals surface area contributed by atoms with Gasteiger partial charge in [-0.05, 0) is 55.5 Å². The number of unbranched alkanes of at least 4 members (excludes halogenated alkanes) is 4. The first-order valence-corrected chi connectivity index (χ1v) is 18.2. The van der Waals surface area contributed by atoms with Gasteiger partial charge in [0.25, 0.3) is 0 Å². The van der Waals surface area contributed by atoms with Crippen LogP contribution in [0.5, 0.6) is 0 Å². The Morgan fingerprint density at radius 1 is 0.733 bits per heavy atom. The quantitative estimate of drug-likeness (QED) is 0.140. The van der Waals surface area contributed by atoms with Crippen LogP contribution in [-0.4, -0.2) is 35.1 Å². The van der Waals surface area contributed by atoms with Crippen molar-refractivity contribution in [2.24, 2.45) is 0 Å². The molecule has 0 bridgehead atoms. The molecule has 3 nitrogen and oxygen atoms in total. The highest BCUT2D eigenvalue weighted by atomic mass is 28.4. The van der Waals surface area contributed by atoms with Gasteiger partial charge in [0.15, 0.2) is 16.6 Å². The summed E-state index contributed by atoms with van der Waals surface area (Å²) in [5, 5.41) is 0.369. The maximum atomic E-state index is 11.1. The molecule has 0 fully saturated rings. The van der Waals surface area contributed by atoms with Gasteiger partial charge in [0.05, 0.1) is 0 Å². The van der Waals surface area contributed by atoms with E-state index in [0.717, 1.165) is 25.5 Å². The van der Waals surface area contributed by atoms with Gasteiger partial charge >= 0.3 is 0 Å². The molecule has 0 spiro atoms. The summed E-state index contributed by atoms with van der Waals surface area (Å²) in [5.74, 6) is 0. The lowest BCUT2D eigenvalue weighted by molar-refractivity contribution is -0.108. The molecule has 30 heavy (non-hydrogen) atoms. The number of hydrogen-bond donors (Lipinski definition) is 0. The van der Waals surface area contributed by atoms with Gasteiger partial charge in [0, 0.05) is 18.6 Å². The normalized spacial score (nSPS) is 15.8. The molecule has 0 aliphatic rings. The highest BCUT2D eigenvalue weighted by Gasteiger charge is 2.41. The predicted molar refractivity (Wildman–Crippen MR) is 137 cm³/mol. The van der Waals surface area contributed by atoms with Crippen LogP contribution >= 0.6 is 0 Å². The van der Waals surface area contributed by atoms with Crippen molar-refractivity contribution in [1.82, 2.24) is 0 Å². The van der Waals surface area contributed by atoms with Crippen molar-refractivity contribution in [3.8, 4) is 0 Å². The third-order valence-corrected chi connectivity index (χ3v) is 16.4. The van der Waals surface area contributed by atoms with E-state index in [1.54, 1.807) is 0 Å². The minimum atomic E-state index is -1.89. The van der Waals surface area contributed by atoms with E-state index in [1.165, 1.54) is 32.1 Å². The van der Waals surface area contributed by atoms with E-state index in [1.807, 2.05) is 0 Å². The third kappa shape index (κ3) is 11.1. The van der Waals surface area contributed by atoms with E-state index in [2.05, 4.69) is 74.7 Å². The van der Waals surface area contributed by atoms with Gasteiger partial charge in [-0.2, -0.15) is 0 Å². The predicted octanol–water partition coefficient (Wildman–Crippen LogP) is 8.50. The smallest absolute Gasteiger partial charge is 0.192 e. The molecule has 0 aliphatic heterocycles. The highest BCUT2D eigenvalue weighted by molar-refractivity contribution is 6.74. The van der Waals surface area contributed by atoms with Gasteiger partial charge in [-0.15, -0.1) is 0 Å². The first-order chi connectivity index (χ1) is 13.6. The molecule has 0 N–H and O–H groups in total. The molecule has 0 saturated heterocycles. The first-order valence-electron chi connectivity index (χ1n) is 12.4. The van der Waals surface area contributed by atoms with Crippen LogP contribution in [0.4, 0.5) is 0 Å². The zero-order chi connectivity index (χ0) is 23.6. The van der Waals surface area contributed by atoms with Crippen molar-refractivity contribution < 1.29 is 13.6 Å². The molecule has 0 rings (SSSR count). The summed E-state index contributed by atoms with van der Waals surface area (Å²) >= 11 is 0. The van der Waals surface area contributed by atoms with Gasteiger partial charge in [0.2, 0.25) is 0 Å². The Morgan fingerprint density at radius 3 is 1.57 bits per heavy atom. The molecule has 0 aromatic heterocycles. The van der Waals surface area contributed by atoms with Crippen LogP contribution in [0.3, 0.4) is 0 Å². The van der Waals surface area contributed by atoms with Gasteiger partial charge in [-0.3, -0.25) is 0 Å². The molecule has 0 radical (unpaired) electrons. The minimum absolute atomic E-state index is 0.113. The molecule has 0 unspecified atom stereocenters. The molecule has 2 atom stereocenters. The molecule has 0 saturated carbocycles. The number of carbonyl (C=O) groups excluding carboxylic acids is 1. The monoisotopic (exact) mass is 458 g/mol. The van der Waals surface area contributed by atoms with Crippen LogP contribution in [0.25, 0.3) is 0 Å². The molecular formula is C25H54O3Si2. The van der Waals surface area contributed by atoms with Crippen molar-refractivity contribution in [3.05, 3.63) is 0 Å². The summed E-state index contributed by atoms with van der Waals surface area (Å²) in [6.07, 6.45) is 11.2. The van der Waals surface area contributed by atoms with Crippen molar-refractivity contribution in [2.75, 3.05) is 0 Å². The highest BCUT2D eigenvalue weighted by Crippen LogP contribution is 2.40. The van der Waals surface area contributed by atoms with E-state index in [-0.39, 0.29) is 22.3 Å². The van der Waals surface area contributed by atoms with Crippen LogP contribution in [0, 0.1) is 0 Å². The average molecular weight is 459 g/mol. The fourth-order valence-corrected chi connectivity index (χ4v) is 5.96. The SMILES string of the molecule is CCCCCCC[C@H](C[C@H](CCC=O)O[Si](C)(C)C(C)(C)C)O[Si](C)(C)C(C)(C)C. The number of carbonyl (C=O) groups is 1. The second kappa shape index (κ2) is 12.9. The molecule has 0 aromatic carbocycles. The second-order valence-corrected chi connectivity index (χ2v) is 21.7. The van der Waals surface area contributed by atoms with Crippen molar-refractivity contribution in [1.29, 1.82) is 0 Å². The Hall–Kier alpha value is 0.0238. The van der Waals surface area contributed by atoms with E-state index in [4.69, 9.17) is 8.85 Å². The lowest BCUT2D eigenvalue weighted by Crippen LogP contribution is -2.47. The van der Waals surface area contributed by atoms with Crippen LogP contribution in [0.15, 0.2) is 0 Å². The molecule has 180 valence electrons. The molecule has 0 aliphatic carbocycles. The lowest BCUT2D eigenvalue weighted by Gasteiger charge is -2.42. The summed E-state index contributed by atoms with van der Waals surface area (Å²) in [4.78, 5) is 11.1. The molecule has 0 amide bonds. The first kappa shape index (κ1) is 30.0. The molecule has 0 heterocycles. The Morgan fingerprint density at radius 2 is 1.17 bits per heavy atom. The largest absolute Gasteiger partial charge is 0.414 e. The number of hydrogen-bond acceptors (Lipinski definition) is 3. The Balaban J connectivity index is 5.38. The lowest BCUT2D eigenvalue weighted by atomic mass is 10.0. The topological polar surface area (TPSA) is 35.5 Å². The Kier molecular flexibility index (Phi) is 12.9. The summed E-state index contributed by atoms with van der Waals surface area (Å²) in [5.41, 5.74) is 0. The second-order valence-electron chi connectivity index (χ2n) is 12.2. The summed E-state index contributed by atoms with van der Waals surface area (Å²) < 4.78 is 13.7. The Labute approximate surface area is 191 Å². The van der Waals surface area contributed by atoms with E-state index in [9.17, 15) is 4.79 Å². The van der Waals surface area contributed by atoms with E-state index in [0.29, 0.717) is 6.42 Å². The van der Waals surface area contributed by atoms with E-state index < -0.39 is 16.6 Å². The fraction of sp³-hybridized carbons (Fsp3) is 0.960. The minimum Gasteiger partial charge on any atom is -0.414 e. The maximum Gasteiger partial charge on any atom is 0.192 e. The maximum absolute atomic E-state index is 11.1. The number of rotatable bonds is 15. The third-order valence-electron chi connectivity index (χ3n) is 7.30. The summed E-state index contributed by atoms with van der Waals surface area (Å²) in [6, 6.07) is 0. The van der Waals surface area contributed by atoms with Gasteiger partial charge in [-0.25, -0.2) is 0 Å². The zero-order valence-corrected chi connectivity index (χ0v) is 24.3. The van der Waals surface area contributed by atoms with Crippen LogP contribution in [-0.2, 0) is 13.6 Å². The van der Waals surface area contributed by atoms with Crippen LogP contribution < -0.4 is 0 Å². The van der Waals surface area contributed by atoms with Gasteiger partial charge < -0.3 is 13.6 Å². The van der Waals surface area contributed by atoms with Crippen molar-refractivity contribution in [3.63, 3.8) is 0 Å². The summed E-state index contributed by atoms with van der Waals surface area (Å²) in [6.45, 7) is 25.4. The Bertz CT molecular complexity index is 476. The van der Waals surface area contributed by atoms with Crippen molar-refractivity contribution in [2.45, 2.75) is 155 Å². The van der Waals surface area contributed by atoms with Gasteiger partial charge in [0.1, 0.15) is 6.29 Å². The van der Waals surface area contributed by atoms with Gasteiger partial charge in [-0.1, -0.05) is 80.6 Å². The van der Waals surface area contributed by atoms with Crippen molar-refractivity contribution >= 4 is 22.9 Å². The molecule has 0 aromatic rings. The fourth-order valence-electron chi connectivity index (χ4n) is 3.16. The number of aldehydes is 1. The van der Waals surface area contributed by atoms with Crippen LogP contribution in [0.1, 0.15) is 106 Å². The van der Waals surface area contributed by atoms with E-state index >= 15 is 0 Å². The zero-order valence-electron chi connectivity index (χ0n) is 22.3.